The van der Waals surface area contributed by atoms with Crippen LogP contribution < -0.4 is 5.43 Å². The molecule has 0 aliphatic rings. The van der Waals surface area contributed by atoms with Crippen LogP contribution in [0.3, 0.4) is 0 Å². The van der Waals surface area contributed by atoms with E-state index in [9.17, 15) is 4.79 Å². The molecule has 3 rings (SSSR count). The van der Waals surface area contributed by atoms with Gasteiger partial charge in [-0.3, -0.25) is 9.89 Å². The molecule has 25 heavy (non-hydrogen) atoms. The van der Waals surface area contributed by atoms with Gasteiger partial charge in [-0.15, -0.1) is 0 Å². The summed E-state index contributed by atoms with van der Waals surface area (Å²) in [6.07, 6.45) is 1.55. The van der Waals surface area contributed by atoms with E-state index < -0.39 is 5.91 Å². The van der Waals surface area contributed by atoms with Crippen LogP contribution >= 0.6 is 39.1 Å². The highest BCUT2D eigenvalue weighted by molar-refractivity contribution is 9.10. The number of nitrogens with one attached hydrogen (secondary N) is 2. The van der Waals surface area contributed by atoms with Crippen molar-refractivity contribution in [3.05, 3.63) is 74.3 Å². The quantitative estimate of drug-likeness (QED) is 0.449. The van der Waals surface area contributed by atoms with E-state index in [4.69, 9.17) is 23.2 Å². The minimum absolute atomic E-state index is 0.285. The maximum Gasteiger partial charge on any atom is 0.289 e. The average Bonchev–Trinajstić information content (AvgIpc) is 3.07. The van der Waals surface area contributed by atoms with E-state index in [0.717, 1.165) is 15.6 Å². The number of benzene rings is 2. The Morgan fingerprint density at radius 3 is 2.76 bits per heavy atom. The van der Waals surface area contributed by atoms with E-state index in [1.54, 1.807) is 30.5 Å². The molecule has 0 fully saturated rings. The van der Waals surface area contributed by atoms with Crippen molar-refractivity contribution in [3.8, 4) is 11.3 Å². The molecule has 0 radical (unpaired) electrons. The van der Waals surface area contributed by atoms with Crippen molar-refractivity contribution in [2.75, 3.05) is 0 Å². The first-order valence-corrected chi connectivity index (χ1v) is 8.67. The molecule has 2 aromatic carbocycles. The van der Waals surface area contributed by atoms with Crippen molar-refractivity contribution in [1.82, 2.24) is 15.6 Å². The lowest BCUT2D eigenvalue weighted by atomic mass is 10.1. The molecule has 0 saturated heterocycles. The molecule has 0 spiro atoms. The van der Waals surface area contributed by atoms with Gasteiger partial charge in [-0.25, -0.2) is 5.43 Å². The number of carbonyl (C=O) groups excluding carboxylic acids is 1. The number of rotatable bonds is 4. The highest BCUT2D eigenvalue weighted by Gasteiger charge is 2.11. The molecule has 8 heteroatoms. The van der Waals surface area contributed by atoms with Crippen LogP contribution in [-0.4, -0.2) is 22.3 Å². The maximum absolute atomic E-state index is 12.1. The zero-order chi connectivity index (χ0) is 17.8. The number of aromatic nitrogens is 2. The summed E-state index contributed by atoms with van der Waals surface area (Å²) in [6, 6.07) is 14.3. The molecule has 1 aromatic heterocycles. The smallest absolute Gasteiger partial charge is 0.272 e. The Bertz CT molecular complexity index is 955. The summed E-state index contributed by atoms with van der Waals surface area (Å²) in [7, 11) is 0. The molecule has 2 N–H and O–H groups in total. The van der Waals surface area contributed by atoms with E-state index >= 15 is 0 Å². The van der Waals surface area contributed by atoms with Crippen LogP contribution in [0, 0.1) is 0 Å². The Hall–Kier alpha value is -2.15. The third kappa shape index (κ3) is 4.48. The van der Waals surface area contributed by atoms with E-state index in [-0.39, 0.29) is 5.69 Å². The topological polar surface area (TPSA) is 70.1 Å². The van der Waals surface area contributed by atoms with E-state index in [0.29, 0.717) is 15.7 Å². The Labute approximate surface area is 162 Å². The number of carbonyl (C=O) groups is 1. The van der Waals surface area contributed by atoms with Gasteiger partial charge >= 0.3 is 0 Å². The van der Waals surface area contributed by atoms with Crippen LogP contribution in [-0.2, 0) is 0 Å². The molecule has 5 nitrogen and oxygen atoms in total. The molecule has 0 saturated carbocycles. The minimum atomic E-state index is -0.398. The average molecular weight is 438 g/mol. The molecule has 0 bridgehead atoms. The van der Waals surface area contributed by atoms with Gasteiger partial charge in [-0.05, 0) is 35.9 Å². The molecular formula is C17H11BrCl2N4O. The SMILES string of the molecule is O=C(N/N=C\c1cccc(Br)c1)c1cc(-c2ccc(Cl)c(Cl)c2)n[nH]1. The molecule has 126 valence electrons. The molecule has 1 amide bonds. The summed E-state index contributed by atoms with van der Waals surface area (Å²) in [5.41, 5.74) is 4.93. The van der Waals surface area contributed by atoms with Crippen molar-refractivity contribution in [1.29, 1.82) is 0 Å². The van der Waals surface area contributed by atoms with Crippen LogP contribution in [0.2, 0.25) is 10.0 Å². The highest BCUT2D eigenvalue weighted by Crippen LogP contribution is 2.27. The summed E-state index contributed by atoms with van der Waals surface area (Å²) in [6.45, 7) is 0. The minimum Gasteiger partial charge on any atom is -0.272 e. The van der Waals surface area contributed by atoms with Gasteiger partial charge in [0.1, 0.15) is 5.69 Å². The zero-order valence-electron chi connectivity index (χ0n) is 12.6. The number of hydrazone groups is 1. The number of halogens is 3. The molecule has 1 heterocycles. The van der Waals surface area contributed by atoms with Crippen LogP contribution in [0.4, 0.5) is 0 Å². The van der Waals surface area contributed by atoms with Gasteiger partial charge < -0.3 is 0 Å². The van der Waals surface area contributed by atoms with E-state index in [1.165, 1.54) is 0 Å². The van der Waals surface area contributed by atoms with Crippen LogP contribution in [0.25, 0.3) is 11.3 Å². The fourth-order valence-corrected chi connectivity index (χ4v) is 2.77. The standard InChI is InChI=1S/C17H11BrCl2N4O/c18-12-3-1-2-10(6-12)9-21-24-17(25)16-8-15(22-23-16)11-4-5-13(19)14(20)7-11/h1-9H,(H,22,23)(H,24,25)/b21-9-. The fraction of sp³-hybridized carbons (Fsp3) is 0. The summed E-state index contributed by atoms with van der Waals surface area (Å²) in [4.78, 5) is 12.1. The molecule has 0 aliphatic carbocycles. The predicted molar refractivity (Wildman–Crippen MR) is 103 cm³/mol. The van der Waals surface area contributed by atoms with Crippen molar-refractivity contribution in [2.24, 2.45) is 5.10 Å². The third-order valence-electron chi connectivity index (χ3n) is 3.27. The normalized spacial score (nSPS) is 11.0. The van der Waals surface area contributed by atoms with Gasteiger partial charge in [0, 0.05) is 10.0 Å². The van der Waals surface area contributed by atoms with Crippen molar-refractivity contribution in [2.45, 2.75) is 0 Å². The van der Waals surface area contributed by atoms with Gasteiger partial charge in [-0.1, -0.05) is 57.3 Å². The monoisotopic (exact) mass is 436 g/mol. The zero-order valence-corrected chi connectivity index (χ0v) is 15.7. The van der Waals surface area contributed by atoms with Gasteiger partial charge in [-0.2, -0.15) is 10.2 Å². The molecule has 3 aromatic rings. The molecule has 0 unspecified atom stereocenters. The fourth-order valence-electron chi connectivity index (χ4n) is 2.05. The van der Waals surface area contributed by atoms with Crippen LogP contribution in [0.15, 0.2) is 58.1 Å². The number of hydrogen-bond donors (Lipinski definition) is 2. The highest BCUT2D eigenvalue weighted by atomic mass is 79.9. The van der Waals surface area contributed by atoms with Crippen LogP contribution in [0.5, 0.6) is 0 Å². The van der Waals surface area contributed by atoms with Crippen LogP contribution in [0.1, 0.15) is 16.1 Å². The largest absolute Gasteiger partial charge is 0.289 e. The lowest BCUT2D eigenvalue weighted by Crippen LogP contribution is -2.17. The summed E-state index contributed by atoms with van der Waals surface area (Å²) >= 11 is 15.3. The third-order valence-corrected chi connectivity index (χ3v) is 4.50. The van der Waals surface area contributed by atoms with Crippen molar-refractivity contribution < 1.29 is 4.79 Å². The number of H-pyrrole nitrogens is 1. The first-order valence-electron chi connectivity index (χ1n) is 7.13. The van der Waals surface area contributed by atoms with Gasteiger partial charge in [0.2, 0.25) is 0 Å². The summed E-state index contributed by atoms with van der Waals surface area (Å²) in [5, 5.41) is 11.6. The number of nitrogens with zero attached hydrogens (tertiary/aromatic N) is 2. The number of hydrogen-bond acceptors (Lipinski definition) is 3. The number of aromatic amines is 1. The summed E-state index contributed by atoms with van der Waals surface area (Å²) in [5.74, 6) is -0.398. The first-order chi connectivity index (χ1) is 12.0. The second-order valence-electron chi connectivity index (χ2n) is 5.05. The lowest BCUT2D eigenvalue weighted by molar-refractivity contribution is 0.0950. The predicted octanol–water partition coefficient (Wildman–Crippen LogP) is 4.91. The van der Waals surface area contributed by atoms with Gasteiger partial charge in [0.25, 0.3) is 5.91 Å². The molecule has 0 atom stereocenters. The van der Waals surface area contributed by atoms with Gasteiger partial charge in [0.05, 0.1) is 22.0 Å². The Morgan fingerprint density at radius 1 is 1.16 bits per heavy atom. The van der Waals surface area contributed by atoms with E-state index in [2.05, 4.69) is 36.7 Å². The first kappa shape index (κ1) is 17.7. The second-order valence-corrected chi connectivity index (χ2v) is 6.78. The lowest BCUT2D eigenvalue weighted by Gasteiger charge is -1.99. The van der Waals surface area contributed by atoms with Crippen molar-refractivity contribution in [3.63, 3.8) is 0 Å². The second kappa shape index (κ2) is 7.82. The number of amides is 1. The van der Waals surface area contributed by atoms with Crippen molar-refractivity contribution >= 4 is 51.3 Å². The molecular weight excluding hydrogens is 427 g/mol. The Morgan fingerprint density at radius 2 is 2.00 bits per heavy atom. The summed E-state index contributed by atoms with van der Waals surface area (Å²) < 4.78 is 0.933. The van der Waals surface area contributed by atoms with Gasteiger partial charge in [0.15, 0.2) is 0 Å². The Kier molecular flexibility index (Phi) is 5.53. The molecule has 0 aliphatic heterocycles. The van der Waals surface area contributed by atoms with E-state index in [1.807, 2.05) is 24.3 Å². The Balaban J connectivity index is 1.69. The maximum atomic E-state index is 12.1.